The molecular weight excluding hydrogens is 224 g/mol. The zero-order valence-electron chi connectivity index (χ0n) is 8.76. The van der Waals surface area contributed by atoms with Crippen molar-refractivity contribution in [2.45, 2.75) is 13.0 Å². The van der Waals surface area contributed by atoms with E-state index >= 15 is 0 Å². The molecule has 0 saturated carbocycles. The maximum atomic E-state index is 5.77. The highest BCUT2D eigenvalue weighted by atomic mass is 35.5. The Hall–Kier alpha value is -1.68. The minimum atomic E-state index is 0.0761. The van der Waals surface area contributed by atoms with E-state index in [1.165, 1.54) is 6.33 Å². The summed E-state index contributed by atoms with van der Waals surface area (Å²) in [6.45, 7) is 2.01. The average molecular weight is 235 g/mol. The first kappa shape index (κ1) is 10.8. The van der Waals surface area contributed by atoms with E-state index in [1.54, 1.807) is 12.3 Å². The van der Waals surface area contributed by atoms with Gasteiger partial charge in [-0.1, -0.05) is 17.7 Å². The molecule has 0 spiro atoms. The van der Waals surface area contributed by atoms with Gasteiger partial charge in [-0.2, -0.15) is 0 Å². The van der Waals surface area contributed by atoms with E-state index in [9.17, 15) is 0 Å². The lowest BCUT2D eigenvalue weighted by atomic mass is 10.2. The molecule has 0 bridgehead atoms. The van der Waals surface area contributed by atoms with E-state index < -0.39 is 0 Å². The molecule has 0 radical (unpaired) electrons. The fourth-order valence-corrected chi connectivity index (χ4v) is 1.49. The Balaban J connectivity index is 2.11. The zero-order valence-corrected chi connectivity index (χ0v) is 9.52. The van der Waals surface area contributed by atoms with Crippen molar-refractivity contribution in [1.29, 1.82) is 0 Å². The fourth-order valence-electron chi connectivity index (χ4n) is 1.34. The minimum Gasteiger partial charge on any atom is -0.362 e. The molecule has 0 saturated heterocycles. The lowest BCUT2D eigenvalue weighted by Gasteiger charge is -2.13. The molecule has 2 rings (SSSR count). The summed E-state index contributed by atoms with van der Waals surface area (Å²) in [5, 5.41) is 3.62. The van der Waals surface area contributed by atoms with Crippen molar-refractivity contribution in [2.75, 3.05) is 5.32 Å². The van der Waals surface area contributed by atoms with Crippen LogP contribution in [0.25, 0.3) is 0 Å². The van der Waals surface area contributed by atoms with E-state index in [0.29, 0.717) is 11.0 Å². The van der Waals surface area contributed by atoms with Crippen LogP contribution in [0.3, 0.4) is 0 Å². The second-order valence-electron chi connectivity index (χ2n) is 3.35. The third kappa shape index (κ3) is 2.67. The highest BCUT2D eigenvalue weighted by Gasteiger charge is 2.06. The molecule has 1 atom stereocenters. The van der Waals surface area contributed by atoms with Gasteiger partial charge in [-0.15, -0.1) is 0 Å². The number of rotatable bonds is 3. The second kappa shape index (κ2) is 4.90. The van der Waals surface area contributed by atoms with Crippen LogP contribution in [0, 0.1) is 0 Å². The van der Waals surface area contributed by atoms with E-state index in [1.807, 2.05) is 25.1 Å². The quantitative estimate of drug-likeness (QED) is 0.830. The SMILES string of the molecule is CC(Nc1cc(Cl)ncn1)c1ccccn1. The molecule has 2 heterocycles. The Kier molecular flexibility index (Phi) is 3.31. The number of aromatic nitrogens is 3. The van der Waals surface area contributed by atoms with Gasteiger partial charge in [-0.05, 0) is 19.1 Å². The van der Waals surface area contributed by atoms with Crippen LogP contribution in [0.2, 0.25) is 5.15 Å². The topological polar surface area (TPSA) is 50.7 Å². The highest BCUT2D eigenvalue weighted by molar-refractivity contribution is 6.29. The summed E-state index contributed by atoms with van der Waals surface area (Å²) in [5.41, 5.74) is 0.956. The number of hydrogen-bond acceptors (Lipinski definition) is 4. The number of nitrogens with zero attached hydrogens (tertiary/aromatic N) is 3. The molecule has 2 aromatic heterocycles. The molecule has 1 unspecified atom stereocenters. The first-order valence-electron chi connectivity index (χ1n) is 4.91. The van der Waals surface area contributed by atoms with E-state index in [4.69, 9.17) is 11.6 Å². The van der Waals surface area contributed by atoms with Gasteiger partial charge >= 0.3 is 0 Å². The normalized spacial score (nSPS) is 12.1. The maximum Gasteiger partial charge on any atom is 0.134 e. The smallest absolute Gasteiger partial charge is 0.134 e. The Morgan fingerprint density at radius 1 is 1.25 bits per heavy atom. The van der Waals surface area contributed by atoms with Gasteiger partial charge in [0.05, 0.1) is 11.7 Å². The average Bonchev–Trinajstić information content (AvgIpc) is 2.30. The van der Waals surface area contributed by atoms with Crippen molar-refractivity contribution in [1.82, 2.24) is 15.0 Å². The number of pyridine rings is 1. The minimum absolute atomic E-state index is 0.0761. The second-order valence-corrected chi connectivity index (χ2v) is 3.73. The molecule has 0 aliphatic rings. The van der Waals surface area contributed by atoms with E-state index in [0.717, 1.165) is 5.69 Å². The molecule has 5 heteroatoms. The lowest BCUT2D eigenvalue weighted by molar-refractivity contribution is 0.830. The summed E-state index contributed by atoms with van der Waals surface area (Å²) < 4.78 is 0. The molecule has 0 aliphatic carbocycles. The largest absolute Gasteiger partial charge is 0.362 e. The number of anilines is 1. The highest BCUT2D eigenvalue weighted by Crippen LogP contribution is 2.16. The maximum absolute atomic E-state index is 5.77. The Labute approximate surface area is 98.7 Å². The molecule has 0 aliphatic heterocycles. The van der Waals surface area contributed by atoms with Crippen LogP contribution in [-0.2, 0) is 0 Å². The first-order chi connectivity index (χ1) is 7.75. The van der Waals surface area contributed by atoms with Crippen LogP contribution >= 0.6 is 11.6 Å². The molecule has 0 fully saturated rings. The summed E-state index contributed by atoms with van der Waals surface area (Å²) in [4.78, 5) is 12.1. The van der Waals surface area contributed by atoms with E-state index in [-0.39, 0.29) is 6.04 Å². The Morgan fingerprint density at radius 2 is 2.12 bits per heavy atom. The third-order valence-electron chi connectivity index (χ3n) is 2.13. The van der Waals surface area contributed by atoms with Crippen molar-refractivity contribution < 1.29 is 0 Å². The van der Waals surface area contributed by atoms with Gasteiger partial charge in [0, 0.05) is 12.3 Å². The summed E-state index contributed by atoms with van der Waals surface area (Å²) in [7, 11) is 0. The standard InChI is InChI=1S/C11H11ClN4/c1-8(9-4-2-3-5-13-9)16-11-6-10(12)14-7-15-11/h2-8H,1H3,(H,14,15,16). The monoisotopic (exact) mass is 234 g/mol. The zero-order chi connectivity index (χ0) is 11.4. The van der Waals surface area contributed by atoms with Gasteiger partial charge in [0.15, 0.2) is 0 Å². The molecule has 1 N–H and O–H groups in total. The van der Waals surface area contributed by atoms with Gasteiger partial charge in [-0.25, -0.2) is 9.97 Å². The van der Waals surface area contributed by atoms with Gasteiger partial charge in [0.1, 0.15) is 17.3 Å². The summed E-state index contributed by atoms with van der Waals surface area (Å²) in [6.07, 6.45) is 3.19. The van der Waals surface area contributed by atoms with Crippen molar-refractivity contribution in [3.8, 4) is 0 Å². The molecule has 82 valence electrons. The van der Waals surface area contributed by atoms with Crippen molar-refractivity contribution in [3.63, 3.8) is 0 Å². The van der Waals surface area contributed by atoms with Crippen LogP contribution < -0.4 is 5.32 Å². The fraction of sp³-hybridized carbons (Fsp3) is 0.182. The predicted octanol–water partition coefficient (Wildman–Crippen LogP) is 2.70. The van der Waals surface area contributed by atoms with Crippen LogP contribution in [0.4, 0.5) is 5.82 Å². The van der Waals surface area contributed by atoms with Gasteiger partial charge in [0.2, 0.25) is 0 Å². The van der Waals surface area contributed by atoms with Crippen LogP contribution in [0.5, 0.6) is 0 Å². The van der Waals surface area contributed by atoms with Crippen LogP contribution in [0.1, 0.15) is 18.7 Å². The van der Waals surface area contributed by atoms with Gasteiger partial charge in [0.25, 0.3) is 0 Å². The van der Waals surface area contributed by atoms with Crippen molar-refractivity contribution in [3.05, 3.63) is 47.6 Å². The van der Waals surface area contributed by atoms with Crippen LogP contribution in [0.15, 0.2) is 36.8 Å². The molecule has 0 aromatic carbocycles. The number of hydrogen-bond donors (Lipinski definition) is 1. The van der Waals surface area contributed by atoms with Crippen LogP contribution in [-0.4, -0.2) is 15.0 Å². The van der Waals surface area contributed by atoms with Gasteiger partial charge in [-0.3, -0.25) is 4.98 Å². The Morgan fingerprint density at radius 3 is 2.81 bits per heavy atom. The lowest BCUT2D eigenvalue weighted by Crippen LogP contribution is -2.09. The first-order valence-corrected chi connectivity index (χ1v) is 5.28. The van der Waals surface area contributed by atoms with Crippen molar-refractivity contribution >= 4 is 17.4 Å². The summed E-state index contributed by atoms with van der Waals surface area (Å²) in [5.74, 6) is 0.693. The number of nitrogens with one attached hydrogen (secondary N) is 1. The van der Waals surface area contributed by atoms with E-state index in [2.05, 4.69) is 20.3 Å². The number of halogens is 1. The Bertz CT molecular complexity index is 461. The third-order valence-corrected chi connectivity index (χ3v) is 2.34. The van der Waals surface area contributed by atoms with Crippen molar-refractivity contribution in [2.24, 2.45) is 0 Å². The predicted molar refractivity (Wildman–Crippen MR) is 63.3 cm³/mol. The molecule has 16 heavy (non-hydrogen) atoms. The summed E-state index contributed by atoms with van der Waals surface area (Å²) >= 11 is 5.77. The molecule has 2 aromatic rings. The molecule has 0 amide bonds. The summed E-state index contributed by atoms with van der Waals surface area (Å²) in [6, 6.07) is 7.55. The van der Waals surface area contributed by atoms with Gasteiger partial charge < -0.3 is 5.32 Å². The molecular formula is C11H11ClN4. The molecule has 4 nitrogen and oxygen atoms in total.